The van der Waals surface area contributed by atoms with E-state index in [9.17, 15) is 15.0 Å². The molecule has 0 atom stereocenters. The van der Waals surface area contributed by atoms with Gasteiger partial charge in [0.1, 0.15) is 22.9 Å². The zero-order valence-electron chi connectivity index (χ0n) is 15.5. The molecular weight excluding hydrogens is 370 g/mol. The Bertz CT molecular complexity index is 1080. The molecule has 6 heteroatoms. The van der Waals surface area contributed by atoms with Crippen molar-refractivity contribution in [3.05, 3.63) is 83.9 Å². The number of carbonyl (C=O) groups is 1. The number of benzene rings is 3. The summed E-state index contributed by atoms with van der Waals surface area (Å²) in [5.74, 6) is 0.896. The van der Waals surface area contributed by atoms with E-state index < -0.39 is 0 Å². The smallest absolute Gasteiger partial charge is 0.199 e. The molecule has 4 aromatic rings. The number of ether oxygens (including phenoxy) is 1. The van der Waals surface area contributed by atoms with Crippen molar-refractivity contribution in [2.75, 3.05) is 7.11 Å². The Hall–Kier alpha value is -4.06. The van der Waals surface area contributed by atoms with Gasteiger partial charge in [0.25, 0.3) is 0 Å². The predicted molar refractivity (Wildman–Crippen MR) is 107 cm³/mol. The molecule has 3 aromatic carbocycles. The van der Waals surface area contributed by atoms with E-state index in [-0.39, 0.29) is 17.3 Å². The van der Waals surface area contributed by atoms with Crippen LogP contribution >= 0.6 is 0 Å². The Morgan fingerprint density at radius 2 is 1.38 bits per heavy atom. The Balaban J connectivity index is 1.87. The average molecular weight is 387 g/mol. The van der Waals surface area contributed by atoms with Crippen molar-refractivity contribution < 1.29 is 24.3 Å². The van der Waals surface area contributed by atoms with Crippen LogP contribution in [-0.4, -0.2) is 28.3 Å². The van der Waals surface area contributed by atoms with Crippen LogP contribution in [0.1, 0.15) is 15.9 Å². The van der Waals surface area contributed by atoms with Crippen LogP contribution in [0.4, 0.5) is 0 Å². The number of rotatable bonds is 5. The topological polar surface area (TPSA) is 92.8 Å². The summed E-state index contributed by atoms with van der Waals surface area (Å²) in [4.78, 5) is 13.4. The fourth-order valence-electron chi connectivity index (χ4n) is 3.01. The molecule has 0 saturated carbocycles. The normalized spacial score (nSPS) is 10.7. The second-order valence-corrected chi connectivity index (χ2v) is 6.39. The Morgan fingerprint density at radius 1 is 0.828 bits per heavy atom. The Labute approximate surface area is 166 Å². The molecule has 29 heavy (non-hydrogen) atoms. The number of hydrogen-bond donors (Lipinski definition) is 2. The molecule has 6 nitrogen and oxygen atoms in total. The number of methoxy groups -OCH3 is 1. The Kier molecular flexibility index (Phi) is 4.75. The summed E-state index contributed by atoms with van der Waals surface area (Å²) in [6.07, 6.45) is 0. The summed E-state index contributed by atoms with van der Waals surface area (Å²) in [6, 6.07) is 19.5. The minimum atomic E-state index is -0.264. The number of ketones is 1. The zero-order valence-corrected chi connectivity index (χ0v) is 15.5. The van der Waals surface area contributed by atoms with Crippen LogP contribution in [0.25, 0.3) is 22.6 Å². The van der Waals surface area contributed by atoms with Gasteiger partial charge in [-0.05, 0) is 72.8 Å². The van der Waals surface area contributed by atoms with E-state index in [1.165, 1.54) is 24.3 Å². The first kappa shape index (κ1) is 18.3. The first-order valence-corrected chi connectivity index (χ1v) is 8.84. The van der Waals surface area contributed by atoms with Crippen LogP contribution in [0.5, 0.6) is 17.2 Å². The molecule has 0 spiro atoms. The van der Waals surface area contributed by atoms with Crippen molar-refractivity contribution in [2.24, 2.45) is 0 Å². The first-order chi connectivity index (χ1) is 14.1. The van der Waals surface area contributed by atoms with Gasteiger partial charge in [-0.3, -0.25) is 4.79 Å². The molecule has 0 radical (unpaired) electrons. The highest BCUT2D eigenvalue weighted by Gasteiger charge is 2.26. The second-order valence-electron chi connectivity index (χ2n) is 6.39. The molecule has 0 aliphatic rings. The average Bonchev–Trinajstić information content (AvgIpc) is 3.19. The third kappa shape index (κ3) is 3.55. The summed E-state index contributed by atoms with van der Waals surface area (Å²) in [5.41, 5.74) is 2.36. The van der Waals surface area contributed by atoms with E-state index in [0.717, 1.165) is 0 Å². The molecule has 0 saturated heterocycles. The minimum absolute atomic E-state index is 0.107. The maximum absolute atomic E-state index is 13.4. The summed E-state index contributed by atoms with van der Waals surface area (Å²) in [5, 5.41) is 23.3. The monoisotopic (exact) mass is 387 g/mol. The second kappa shape index (κ2) is 7.52. The zero-order chi connectivity index (χ0) is 20.4. The van der Waals surface area contributed by atoms with Crippen molar-refractivity contribution in [3.63, 3.8) is 0 Å². The number of hydrogen-bond acceptors (Lipinski definition) is 6. The van der Waals surface area contributed by atoms with Gasteiger partial charge in [-0.1, -0.05) is 5.16 Å². The lowest BCUT2D eigenvalue weighted by Crippen LogP contribution is -2.04. The first-order valence-electron chi connectivity index (χ1n) is 8.84. The molecule has 0 aliphatic heterocycles. The van der Waals surface area contributed by atoms with E-state index in [2.05, 4.69) is 5.16 Å². The molecule has 0 bridgehead atoms. The van der Waals surface area contributed by atoms with Gasteiger partial charge in [-0.25, -0.2) is 0 Å². The summed E-state index contributed by atoms with van der Waals surface area (Å²) >= 11 is 0. The van der Waals surface area contributed by atoms with Crippen molar-refractivity contribution >= 4 is 5.78 Å². The molecule has 0 aliphatic carbocycles. The highest BCUT2D eigenvalue weighted by molar-refractivity contribution is 6.15. The van der Waals surface area contributed by atoms with Gasteiger partial charge in [0.2, 0.25) is 0 Å². The number of phenols is 2. The molecule has 1 heterocycles. The number of phenolic OH excluding ortho intramolecular Hbond substituents is 2. The van der Waals surface area contributed by atoms with E-state index in [1.54, 1.807) is 55.6 Å². The van der Waals surface area contributed by atoms with E-state index in [0.29, 0.717) is 39.5 Å². The molecule has 4 rings (SSSR count). The highest BCUT2D eigenvalue weighted by Crippen LogP contribution is 2.35. The fourth-order valence-corrected chi connectivity index (χ4v) is 3.01. The van der Waals surface area contributed by atoms with Gasteiger partial charge < -0.3 is 19.5 Å². The van der Waals surface area contributed by atoms with Crippen molar-refractivity contribution in [2.45, 2.75) is 0 Å². The summed E-state index contributed by atoms with van der Waals surface area (Å²) in [6.45, 7) is 0. The molecule has 0 fully saturated rings. The summed E-state index contributed by atoms with van der Waals surface area (Å²) in [7, 11) is 1.56. The number of nitrogens with zero attached hydrogens (tertiary/aromatic N) is 1. The standard InChI is InChI=1S/C23H17NO5/c1-28-19-12-6-15(7-13-19)22(27)20-21(14-2-8-17(25)9-3-14)24-29-23(20)16-4-10-18(26)11-5-16/h2-13,25-26H,1H3. The Morgan fingerprint density at radius 3 is 1.93 bits per heavy atom. The quantitative estimate of drug-likeness (QED) is 0.484. The number of aromatic hydroxyl groups is 2. The molecular formula is C23H17NO5. The van der Waals surface area contributed by atoms with Crippen LogP contribution in [-0.2, 0) is 0 Å². The lowest BCUT2D eigenvalue weighted by Gasteiger charge is -2.06. The van der Waals surface area contributed by atoms with Gasteiger partial charge in [0.05, 0.1) is 12.7 Å². The lowest BCUT2D eigenvalue weighted by molar-refractivity contribution is 0.103. The number of aromatic nitrogens is 1. The van der Waals surface area contributed by atoms with Gasteiger partial charge in [-0.15, -0.1) is 0 Å². The van der Waals surface area contributed by atoms with Crippen molar-refractivity contribution in [3.8, 4) is 39.8 Å². The maximum Gasteiger partial charge on any atom is 0.199 e. The minimum Gasteiger partial charge on any atom is -0.508 e. The molecule has 144 valence electrons. The molecule has 1 aromatic heterocycles. The predicted octanol–water partition coefficient (Wildman–Crippen LogP) is 4.66. The third-order valence-electron chi connectivity index (χ3n) is 4.54. The van der Waals surface area contributed by atoms with Gasteiger partial charge in [-0.2, -0.15) is 0 Å². The van der Waals surface area contributed by atoms with Crippen LogP contribution in [0.15, 0.2) is 77.3 Å². The fraction of sp³-hybridized carbons (Fsp3) is 0.0435. The van der Waals surface area contributed by atoms with Crippen LogP contribution in [0.3, 0.4) is 0 Å². The van der Waals surface area contributed by atoms with Gasteiger partial charge >= 0.3 is 0 Å². The van der Waals surface area contributed by atoms with Gasteiger partial charge in [0.15, 0.2) is 11.5 Å². The van der Waals surface area contributed by atoms with E-state index >= 15 is 0 Å². The van der Waals surface area contributed by atoms with Crippen molar-refractivity contribution in [1.29, 1.82) is 0 Å². The SMILES string of the molecule is COc1ccc(C(=O)c2c(-c3ccc(O)cc3)noc2-c2ccc(O)cc2)cc1. The maximum atomic E-state index is 13.4. The highest BCUT2D eigenvalue weighted by atomic mass is 16.5. The van der Waals surface area contributed by atoms with Gasteiger partial charge in [0, 0.05) is 16.7 Å². The molecule has 2 N–H and O–H groups in total. The van der Waals surface area contributed by atoms with Crippen molar-refractivity contribution in [1.82, 2.24) is 5.16 Å². The molecule has 0 unspecified atom stereocenters. The third-order valence-corrected chi connectivity index (χ3v) is 4.54. The lowest BCUT2D eigenvalue weighted by atomic mass is 9.95. The van der Waals surface area contributed by atoms with Crippen LogP contribution in [0, 0.1) is 0 Å². The van der Waals surface area contributed by atoms with E-state index in [1.807, 2.05) is 0 Å². The summed E-state index contributed by atoms with van der Waals surface area (Å²) < 4.78 is 10.7. The van der Waals surface area contributed by atoms with Crippen LogP contribution in [0.2, 0.25) is 0 Å². The number of carbonyl (C=O) groups excluding carboxylic acids is 1. The molecule has 0 amide bonds. The van der Waals surface area contributed by atoms with Crippen LogP contribution < -0.4 is 4.74 Å². The largest absolute Gasteiger partial charge is 0.508 e. The van der Waals surface area contributed by atoms with E-state index in [4.69, 9.17) is 9.26 Å².